The summed E-state index contributed by atoms with van der Waals surface area (Å²) in [4.78, 5) is 9.61. The van der Waals surface area contributed by atoms with Crippen molar-refractivity contribution in [1.82, 2.24) is 4.90 Å². The number of fused-ring (bicyclic) bond motifs is 12. The first-order valence-corrected chi connectivity index (χ1v) is 15.9. The largest absolute Gasteiger partial charge is 0.358 e. The van der Waals surface area contributed by atoms with Gasteiger partial charge < -0.3 is 19.6 Å². The molecule has 0 aliphatic carbocycles. The quantitative estimate of drug-likeness (QED) is 0.194. The molecule has 0 N–H and O–H groups in total. The van der Waals surface area contributed by atoms with Crippen molar-refractivity contribution >= 4 is 28.5 Å². The second-order valence-corrected chi connectivity index (χ2v) is 12.5. The molecule has 4 heterocycles. The third-order valence-electron chi connectivity index (χ3n) is 9.84. The molecule has 5 aromatic carbocycles. The van der Waals surface area contributed by atoms with Gasteiger partial charge in [0.25, 0.3) is 0 Å². The van der Waals surface area contributed by atoms with Crippen LogP contribution in [0.3, 0.4) is 0 Å². The molecule has 45 heavy (non-hydrogen) atoms. The van der Waals surface area contributed by atoms with Gasteiger partial charge in [-0.3, -0.25) is 0 Å². The topological polar surface area (TPSA) is 13.0 Å². The highest BCUT2D eigenvalue weighted by atomic mass is 15.4. The van der Waals surface area contributed by atoms with Crippen LogP contribution in [0.4, 0.5) is 17.1 Å². The molecule has 4 aliphatic heterocycles. The molecule has 2 atom stereocenters. The Kier molecular flexibility index (Phi) is 6.35. The lowest BCUT2D eigenvalue weighted by molar-refractivity contribution is 0.383. The average Bonchev–Trinajstić information content (AvgIpc) is 3.58. The minimum atomic E-state index is 0.241. The normalized spacial score (nSPS) is 18.4. The summed E-state index contributed by atoms with van der Waals surface area (Å²) in [6.45, 7) is 8.95. The SMILES string of the molecule is Cc1cccc2c1N1C(=CN(C)C1C)c1ccccc1-2.Cc1cccc2c1N1C(=CN(c3ccccc3)C1C)c1ccccc1-2. The van der Waals surface area contributed by atoms with Gasteiger partial charge in [-0.15, -0.1) is 0 Å². The van der Waals surface area contributed by atoms with Gasteiger partial charge in [-0.1, -0.05) is 103 Å². The summed E-state index contributed by atoms with van der Waals surface area (Å²) in [5, 5.41) is 0. The Bertz CT molecular complexity index is 2010. The van der Waals surface area contributed by atoms with Crippen LogP contribution in [0.5, 0.6) is 0 Å². The van der Waals surface area contributed by atoms with Crippen LogP contribution in [0.15, 0.2) is 128 Å². The maximum absolute atomic E-state index is 2.49. The average molecular weight is 587 g/mol. The number of hydrogen-bond donors (Lipinski definition) is 0. The van der Waals surface area contributed by atoms with Gasteiger partial charge in [0.15, 0.2) is 0 Å². The summed E-state index contributed by atoms with van der Waals surface area (Å²) in [6.07, 6.45) is 5.16. The molecule has 222 valence electrons. The van der Waals surface area contributed by atoms with Crippen molar-refractivity contribution in [2.24, 2.45) is 0 Å². The maximum Gasteiger partial charge on any atom is 0.108 e. The van der Waals surface area contributed by atoms with E-state index in [1.54, 1.807) is 0 Å². The fourth-order valence-electron chi connectivity index (χ4n) is 7.55. The van der Waals surface area contributed by atoms with Crippen LogP contribution in [0, 0.1) is 13.8 Å². The molecule has 0 bridgehead atoms. The summed E-state index contributed by atoms with van der Waals surface area (Å²) in [5.41, 5.74) is 17.2. The van der Waals surface area contributed by atoms with E-state index < -0.39 is 0 Å². The molecule has 0 aromatic heterocycles. The van der Waals surface area contributed by atoms with E-state index in [-0.39, 0.29) is 6.17 Å². The van der Waals surface area contributed by atoms with Crippen molar-refractivity contribution in [3.8, 4) is 22.3 Å². The molecule has 4 aliphatic rings. The van der Waals surface area contributed by atoms with Crippen molar-refractivity contribution in [3.05, 3.63) is 150 Å². The summed E-state index contributed by atoms with van der Waals surface area (Å²) in [5.74, 6) is 0. The summed E-state index contributed by atoms with van der Waals surface area (Å²) in [7, 11) is 2.15. The highest BCUT2D eigenvalue weighted by molar-refractivity contribution is 6.03. The van der Waals surface area contributed by atoms with Crippen LogP contribution < -0.4 is 14.7 Å². The molecule has 5 aromatic rings. The molecule has 0 fully saturated rings. The second kappa shape index (κ2) is 10.4. The number of hydrogen-bond acceptors (Lipinski definition) is 4. The second-order valence-electron chi connectivity index (χ2n) is 12.5. The summed E-state index contributed by atoms with van der Waals surface area (Å²) < 4.78 is 0. The van der Waals surface area contributed by atoms with Gasteiger partial charge in [-0.25, -0.2) is 0 Å². The Morgan fingerprint density at radius 1 is 0.444 bits per heavy atom. The Balaban J connectivity index is 0.000000137. The first-order chi connectivity index (χ1) is 21.9. The number of rotatable bonds is 1. The van der Waals surface area contributed by atoms with Crippen LogP contribution in [-0.2, 0) is 0 Å². The summed E-state index contributed by atoms with van der Waals surface area (Å²) >= 11 is 0. The van der Waals surface area contributed by atoms with Crippen LogP contribution in [0.25, 0.3) is 33.6 Å². The smallest absolute Gasteiger partial charge is 0.108 e. The molecular formula is C41H38N4. The highest BCUT2D eigenvalue weighted by Crippen LogP contribution is 2.51. The maximum atomic E-state index is 2.49. The number of anilines is 3. The lowest BCUT2D eigenvalue weighted by Crippen LogP contribution is -2.38. The van der Waals surface area contributed by atoms with E-state index in [2.05, 4.69) is 182 Å². The van der Waals surface area contributed by atoms with Crippen molar-refractivity contribution < 1.29 is 0 Å². The van der Waals surface area contributed by atoms with Gasteiger partial charge >= 0.3 is 0 Å². The van der Waals surface area contributed by atoms with E-state index in [1.807, 2.05) is 0 Å². The highest BCUT2D eigenvalue weighted by Gasteiger charge is 2.38. The Morgan fingerprint density at radius 2 is 0.889 bits per heavy atom. The molecule has 0 saturated carbocycles. The first kappa shape index (κ1) is 27.3. The predicted molar refractivity (Wildman–Crippen MR) is 190 cm³/mol. The Labute approximate surface area is 266 Å². The fraction of sp³-hybridized carbons (Fsp3) is 0.171. The molecule has 2 unspecified atom stereocenters. The van der Waals surface area contributed by atoms with Crippen LogP contribution in [0.2, 0.25) is 0 Å². The zero-order chi connectivity index (χ0) is 30.8. The van der Waals surface area contributed by atoms with E-state index in [9.17, 15) is 0 Å². The molecule has 4 nitrogen and oxygen atoms in total. The first-order valence-electron chi connectivity index (χ1n) is 15.9. The fourth-order valence-corrected chi connectivity index (χ4v) is 7.55. The molecule has 0 radical (unpaired) electrons. The third-order valence-corrected chi connectivity index (χ3v) is 9.84. The van der Waals surface area contributed by atoms with Gasteiger partial charge in [0.1, 0.15) is 12.3 Å². The van der Waals surface area contributed by atoms with Gasteiger partial charge in [0.05, 0.1) is 22.8 Å². The van der Waals surface area contributed by atoms with E-state index in [4.69, 9.17) is 0 Å². The van der Waals surface area contributed by atoms with Crippen LogP contribution in [-0.4, -0.2) is 24.3 Å². The van der Waals surface area contributed by atoms with Gasteiger partial charge in [-0.05, 0) is 62.1 Å². The molecular weight excluding hydrogens is 548 g/mol. The van der Waals surface area contributed by atoms with Crippen molar-refractivity contribution in [2.45, 2.75) is 40.0 Å². The molecule has 0 spiro atoms. The van der Waals surface area contributed by atoms with Gasteiger partial charge in [-0.2, -0.15) is 0 Å². The molecule has 4 heteroatoms. The third kappa shape index (κ3) is 4.12. The van der Waals surface area contributed by atoms with Crippen molar-refractivity contribution in [1.29, 1.82) is 0 Å². The number of nitrogens with zero attached hydrogens (tertiary/aromatic N) is 4. The monoisotopic (exact) mass is 586 g/mol. The number of para-hydroxylation sites is 3. The lowest BCUT2D eigenvalue weighted by Gasteiger charge is -2.37. The Morgan fingerprint density at radius 3 is 1.44 bits per heavy atom. The van der Waals surface area contributed by atoms with E-state index in [1.165, 1.54) is 73.0 Å². The van der Waals surface area contributed by atoms with E-state index >= 15 is 0 Å². The van der Waals surface area contributed by atoms with Crippen LogP contribution in [0.1, 0.15) is 36.1 Å². The molecule has 0 amide bonds. The van der Waals surface area contributed by atoms with Gasteiger partial charge in [0, 0.05) is 47.4 Å². The van der Waals surface area contributed by atoms with Crippen molar-refractivity contribution in [3.63, 3.8) is 0 Å². The van der Waals surface area contributed by atoms with Crippen LogP contribution >= 0.6 is 0 Å². The van der Waals surface area contributed by atoms with Crippen molar-refractivity contribution in [2.75, 3.05) is 21.7 Å². The van der Waals surface area contributed by atoms with E-state index in [0.717, 1.165) is 0 Å². The predicted octanol–water partition coefficient (Wildman–Crippen LogP) is 9.72. The van der Waals surface area contributed by atoms with Gasteiger partial charge in [0.2, 0.25) is 0 Å². The minimum absolute atomic E-state index is 0.241. The summed E-state index contributed by atoms with van der Waals surface area (Å²) in [6, 6.07) is 41.3. The number of benzene rings is 5. The Hall–Kier alpha value is -5.22. The zero-order valence-corrected chi connectivity index (χ0v) is 26.6. The lowest BCUT2D eigenvalue weighted by atomic mass is 9.90. The molecule has 9 rings (SSSR count). The zero-order valence-electron chi connectivity index (χ0n) is 26.6. The number of aryl methyl sites for hydroxylation is 2. The van der Waals surface area contributed by atoms with E-state index in [0.29, 0.717) is 6.17 Å². The molecule has 0 saturated heterocycles. The minimum Gasteiger partial charge on any atom is -0.358 e. The standard InChI is InChI=1S/C23H20N2.C18H18N2/c1-16-9-8-14-21-19-12-6-7-13-20(19)22-15-24(17(2)25(22)23(16)21)18-10-4-3-5-11-18;1-12-7-6-10-16-14-8-4-5-9-15(14)17-11-19(3)13(2)20(17)18(12)16/h3-15,17H,1-2H3;4-11,13H,1-3H3.